The number of hydrogen-bond donors (Lipinski definition) is 1. The van der Waals surface area contributed by atoms with Gasteiger partial charge in [-0.1, -0.05) is 61.4 Å². The Hall–Kier alpha value is -4.17. The molecular formula is C32H32N2O5S. The van der Waals surface area contributed by atoms with Gasteiger partial charge in [-0.25, -0.2) is 4.98 Å². The summed E-state index contributed by atoms with van der Waals surface area (Å²) in [7, 11) is 0. The highest BCUT2D eigenvalue weighted by Crippen LogP contribution is 2.44. The molecule has 1 amide bonds. The Morgan fingerprint density at radius 1 is 0.975 bits per heavy atom. The zero-order valence-corrected chi connectivity index (χ0v) is 23.7. The summed E-state index contributed by atoms with van der Waals surface area (Å²) in [6.07, 6.45) is 3.18. The van der Waals surface area contributed by atoms with E-state index in [2.05, 4.69) is 6.92 Å². The highest BCUT2D eigenvalue weighted by atomic mass is 32.1. The second-order valence-corrected chi connectivity index (χ2v) is 10.7. The fourth-order valence-electron chi connectivity index (χ4n) is 4.81. The second-order valence-electron chi connectivity index (χ2n) is 9.72. The quantitative estimate of drug-likeness (QED) is 0.0962. The predicted octanol–water partition coefficient (Wildman–Crippen LogP) is 7.20. The molecule has 1 aliphatic heterocycles. The number of Topliss-reactive ketones (excluding diaryl/α,β-unsaturated/α-hetero) is 1. The number of unbranched alkanes of at least 4 members (excludes halogenated alkanes) is 2. The van der Waals surface area contributed by atoms with Gasteiger partial charge in [0.2, 0.25) is 0 Å². The minimum atomic E-state index is -0.869. The summed E-state index contributed by atoms with van der Waals surface area (Å²) >= 11 is 1.34. The first kappa shape index (κ1) is 27.4. The topological polar surface area (TPSA) is 89.0 Å². The average Bonchev–Trinajstić information content (AvgIpc) is 3.49. The van der Waals surface area contributed by atoms with E-state index in [4.69, 9.17) is 14.5 Å². The summed E-state index contributed by atoms with van der Waals surface area (Å²) in [6.45, 7) is 7.08. The van der Waals surface area contributed by atoms with Crippen LogP contribution in [0.25, 0.3) is 16.0 Å². The molecule has 7 nitrogen and oxygen atoms in total. The summed E-state index contributed by atoms with van der Waals surface area (Å²) in [4.78, 5) is 33.2. The van der Waals surface area contributed by atoms with E-state index < -0.39 is 17.7 Å². The lowest BCUT2D eigenvalue weighted by Gasteiger charge is -2.23. The first-order valence-electron chi connectivity index (χ1n) is 13.6. The van der Waals surface area contributed by atoms with Crippen LogP contribution in [-0.2, 0) is 9.59 Å². The van der Waals surface area contributed by atoms with Gasteiger partial charge in [0, 0.05) is 5.56 Å². The standard InChI is InChI=1S/C32H32N2O5S/c1-4-6-7-17-39-23-14-12-21(13-15-23)28-27(29(35)22-9-8-10-24(19-22)38-5-2)30(36)31(37)34(28)32-33-25-16-11-20(3)18-26(25)40-32/h8-16,18-19,28,35H,4-7,17H2,1-3H3/b29-27+. The van der Waals surface area contributed by atoms with Crippen LogP contribution in [0.5, 0.6) is 11.5 Å². The minimum Gasteiger partial charge on any atom is -0.507 e. The molecule has 1 N–H and O–H groups in total. The van der Waals surface area contributed by atoms with Gasteiger partial charge in [0.25, 0.3) is 5.78 Å². The maximum Gasteiger partial charge on any atom is 0.301 e. The van der Waals surface area contributed by atoms with Crippen molar-refractivity contribution in [1.29, 1.82) is 0 Å². The Kier molecular flexibility index (Phi) is 8.16. The van der Waals surface area contributed by atoms with Crippen LogP contribution in [0.2, 0.25) is 0 Å². The minimum absolute atomic E-state index is 0.00528. The molecule has 4 aromatic rings. The van der Waals surface area contributed by atoms with Gasteiger partial charge in [0.1, 0.15) is 17.3 Å². The van der Waals surface area contributed by atoms with Gasteiger partial charge in [-0.15, -0.1) is 0 Å². The number of ether oxygens (including phenoxy) is 2. The Morgan fingerprint density at radius 2 is 1.77 bits per heavy atom. The number of hydrogen-bond acceptors (Lipinski definition) is 7. The lowest BCUT2D eigenvalue weighted by molar-refractivity contribution is -0.132. The lowest BCUT2D eigenvalue weighted by atomic mass is 9.95. The van der Waals surface area contributed by atoms with Crippen molar-refractivity contribution in [2.24, 2.45) is 0 Å². The van der Waals surface area contributed by atoms with Gasteiger partial charge in [-0.3, -0.25) is 14.5 Å². The predicted molar refractivity (Wildman–Crippen MR) is 158 cm³/mol. The number of anilines is 1. The lowest BCUT2D eigenvalue weighted by Crippen LogP contribution is -2.29. The number of carbonyl (C=O) groups is 2. The molecule has 0 saturated carbocycles. The molecule has 1 aromatic heterocycles. The largest absolute Gasteiger partial charge is 0.507 e. The molecule has 1 unspecified atom stereocenters. The third-order valence-electron chi connectivity index (χ3n) is 6.81. The van der Waals surface area contributed by atoms with Crippen molar-refractivity contribution in [3.05, 3.63) is 89.0 Å². The van der Waals surface area contributed by atoms with Crippen molar-refractivity contribution in [2.75, 3.05) is 18.1 Å². The Morgan fingerprint density at radius 3 is 2.52 bits per heavy atom. The molecule has 0 spiro atoms. The number of aryl methyl sites for hydroxylation is 1. The number of fused-ring (bicyclic) bond motifs is 1. The molecule has 8 heteroatoms. The smallest absolute Gasteiger partial charge is 0.301 e. The summed E-state index contributed by atoms with van der Waals surface area (Å²) in [6, 6.07) is 19.2. The van der Waals surface area contributed by atoms with Crippen molar-refractivity contribution in [2.45, 2.75) is 46.1 Å². The number of carbonyl (C=O) groups excluding carboxylic acids is 2. The first-order valence-corrected chi connectivity index (χ1v) is 14.4. The number of aliphatic hydroxyl groups excluding tert-OH is 1. The van der Waals surface area contributed by atoms with Crippen LogP contribution in [0.4, 0.5) is 5.13 Å². The Bertz CT molecular complexity index is 1570. The number of nitrogens with zero attached hydrogens (tertiary/aromatic N) is 2. The average molecular weight is 557 g/mol. The van der Waals surface area contributed by atoms with Crippen LogP contribution >= 0.6 is 11.3 Å². The molecule has 0 bridgehead atoms. The van der Waals surface area contributed by atoms with E-state index in [1.54, 1.807) is 24.3 Å². The zero-order chi connectivity index (χ0) is 28.2. The number of aromatic nitrogens is 1. The molecule has 1 saturated heterocycles. The molecule has 1 atom stereocenters. The molecule has 2 heterocycles. The monoisotopic (exact) mass is 556 g/mol. The molecule has 40 heavy (non-hydrogen) atoms. The van der Waals surface area contributed by atoms with E-state index in [9.17, 15) is 14.7 Å². The van der Waals surface area contributed by atoms with Gasteiger partial charge >= 0.3 is 5.91 Å². The van der Waals surface area contributed by atoms with Gasteiger partial charge in [-0.05, 0) is 67.8 Å². The molecule has 0 aliphatic carbocycles. The van der Waals surface area contributed by atoms with E-state index in [1.165, 1.54) is 16.2 Å². The summed E-state index contributed by atoms with van der Waals surface area (Å²) in [5, 5.41) is 11.9. The molecule has 5 rings (SSSR count). The van der Waals surface area contributed by atoms with E-state index in [0.29, 0.717) is 41.0 Å². The molecule has 206 valence electrons. The summed E-state index contributed by atoms with van der Waals surface area (Å²) in [5.74, 6) is -0.493. The van der Waals surface area contributed by atoms with Crippen LogP contribution in [0, 0.1) is 6.92 Å². The summed E-state index contributed by atoms with van der Waals surface area (Å²) < 4.78 is 12.4. The van der Waals surface area contributed by atoms with Crippen LogP contribution in [0.1, 0.15) is 55.8 Å². The van der Waals surface area contributed by atoms with Crippen molar-refractivity contribution in [1.82, 2.24) is 4.98 Å². The summed E-state index contributed by atoms with van der Waals surface area (Å²) in [5.41, 5.74) is 2.88. The van der Waals surface area contributed by atoms with Gasteiger partial charge < -0.3 is 14.6 Å². The molecule has 1 aliphatic rings. The van der Waals surface area contributed by atoms with Crippen molar-refractivity contribution >= 4 is 44.1 Å². The van der Waals surface area contributed by atoms with Crippen molar-refractivity contribution < 1.29 is 24.2 Å². The number of benzene rings is 3. The van der Waals surface area contributed by atoms with Gasteiger partial charge in [0.05, 0.1) is 35.0 Å². The van der Waals surface area contributed by atoms with Crippen LogP contribution < -0.4 is 14.4 Å². The zero-order valence-electron chi connectivity index (χ0n) is 22.8. The van der Waals surface area contributed by atoms with Crippen molar-refractivity contribution in [3.63, 3.8) is 0 Å². The molecule has 1 fully saturated rings. The van der Waals surface area contributed by atoms with Crippen molar-refractivity contribution in [3.8, 4) is 11.5 Å². The van der Waals surface area contributed by atoms with E-state index >= 15 is 0 Å². The second kappa shape index (κ2) is 11.9. The number of ketones is 1. The number of aliphatic hydroxyl groups is 1. The SMILES string of the molecule is CCCCCOc1ccc(C2/C(=C(\O)c3cccc(OCC)c3)C(=O)C(=O)N2c2nc3ccc(C)cc3s2)cc1. The highest BCUT2D eigenvalue weighted by molar-refractivity contribution is 7.22. The fourth-order valence-corrected chi connectivity index (χ4v) is 5.90. The number of amides is 1. The van der Waals surface area contributed by atoms with E-state index in [-0.39, 0.29) is 11.3 Å². The highest BCUT2D eigenvalue weighted by Gasteiger charge is 2.48. The van der Waals surface area contributed by atoms with Gasteiger partial charge in [-0.2, -0.15) is 0 Å². The third-order valence-corrected chi connectivity index (χ3v) is 7.83. The number of thiazole rings is 1. The van der Waals surface area contributed by atoms with E-state index in [1.807, 2.05) is 56.3 Å². The van der Waals surface area contributed by atoms with Crippen LogP contribution in [-0.4, -0.2) is 35.0 Å². The van der Waals surface area contributed by atoms with Crippen LogP contribution in [0.3, 0.4) is 0 Å². The Balaban J connectivity index is 1.60. The maximum absolute atomic E-state index is 13.6. The van der Waals surface area contributed by atoms with Crippen LogP contribution in [0.15, 0.2) is 72.3 Å². The molecule has 0 radical (unpaired) electrons. The molecule has 3 aromatic carbocycles. The van der Waals surface area contributed by atoms with Gasteiger partial charge in [0.15, 0.2) is 5.13 Å². The normalized spacial score (nSPS) is 16.6. The first-order chi connectivity index (χ1) is 19.4. The third kappa shape index (κ3) is 5.45. The number of rotatable bonds is 10. The Labute approximate surface area is 237 Å². The fraction of sp³-hybridized carbons (Fsp3) is 0.281. The van der Waals surface area contributed by atoms with E-state index in [0.717, 1.165) is 35.0 Å². The molecular weight excluding hydrogens is 524 g/mol. The maximum atomic E-state index is 13.6.